The Morgan fingerprint density at radius 1 is 1.50 bits per heavy atom. The van der Waals surface area contributed by atoms with Gasteiger partial charge in [-0.05, 0) is 26.8 Å². The van der Waals surface area contributed by atoms with E-state index in [1.54, 1.807) is 6.92 Å². The molecule has 0 spiro atoms. The average Bonchev–Trinajstić information content (AvgIpc) is 2.59. The van der Waals surface area contributed by atoms with Crippen molar-refractivity contribution in [2.75, 3.05) is 5.75 Å². The lowest BCUT2D eigenvalue weighted by molar-refractivity contribution is -0.119. The molecule has 100 valence electrons. The monoisotopic (exact) mass is 271 g/mol. The van der Waals surface area contributed by atoms with Crippen LogP contribution in [0.1, 0.15) is 35.7 Å². The Morgan fingerprint density at radius 2 is 2.17 bits per heavy atom. The number of carbonyl (C=O) groups excluding carboxylic acids is 1. The van der Waals surface area contributed by atoms with E-state index < -0.39 is 5.97 Å². The summed E-state index contributed by atoms with van der Waals surface area (Å²) in [6, 6.07) is 1.64. The first kappa shape index (κ1) is 14.6. The summed E-state index contributed by atoms with van der Waals surface area (Å²) in [6.07, 6.45) is 0. The molecule has 2 N–H and O–H groups in total. The molecule has 1 aromatic heterocycles. The van der Waals surface area contributed by atoms with Crippen molar-refractivity contribution < 1.29 is 19.1 Å². The number of aryl methyl sites for hydroxylation is 1. The highest BCUT2D eigenvalue weighted by Crippen LogP contribution is 2.20. The van der Waals surface area contributed by atoms with Gasteiger partial charge in [-0.3, -0.25) is 4.79 Å². The second-order valence-corrected chi connectivity index (χ2v) is 5.20. The molecule has 1 rings (SSSR count). The zero-order chi connectivity index (χ0) is 13.7. The number of hydrogen-bond donors (Lipinski definition) is 2. The molecule has 0 aliphatic rings. The molecule has 0 aliphatic carbocycles. The van der Waals surface area contributed by atoms with Crippen LogP contribution >= 0.6 is 11.8 Å². The second-order valence-electron chi connectivity index (χ2n) is 4.21. The molecule has 0 aliphatic heterocycles. The number of thioether (sulfide) groups is 1. The van der Waals surface area contributed by atoms with Crippen LogP contribution in [0.2, 0.25) is 0 Å². The van der Waals surface area contributed by atoms with Crippen molar-refractivity contribution in [2.45, 2.75) is 32.6 Å². The number of rotatable bonds is 6. The van der Waals surface area contributed by atoms with Crippen molar-refractivity contribution in [1.82, 2.24) is 5.32 Å². The van der Waals surface area contributed by atoms with E-state index in [0.717, 1.165) is 5.56 Å². The van der Waals surface area contributed by atoms with Crippen LogP contribution in [-0.2, 0) is 10.5 Å². The van der Waals surface area contributed by atoms with Crippen molar-refractivity contribution >= 4 is 23.6 Å². The minimum Gasteiger partial charge on any atom is -0.475 e. The Morgan fingerprint density at radius 3 is 2.67 bits per heavy atom. The molecule has 0 saturated carbocycles. The van der Waals surface area contributed by atoms with Crippen LogP contribution in [0, 0.1) is 6.92 Å². The number of hydrogen-bond acceptors (Lipinski definition) is 4. The third-order valence-corrected chi connectivity index (χ3v) is 3.15. The van der Waals surface area contributed by atoms with E-state index in [-0.39, 0.29) is 17.7 Å². The number of nitrogens with one attached hydrogen (secondary N) is 1. The van der Waals surface area contributed by atoms with E-state index in [1.807, 2.05) is 13.8 Å². The Labute approximate surface area is 110 Å². The number of amides is 1. The van der Waals surface area contributed by atoms with Gasteiger partial charge in [0, 0.05) is 17.4 Å². The lowest BCUT2D eigenvalue weighted by atomic mass is 10.3. The fourth-order valence-corrected chi connectivity index (χ4v) is 2.26. The highest BCUT2D eigenvalue weighted by molar-refractivity contribution is 7.99. The molecule has 0 aromatic carbocycles. The van der Waals surface area contributed by atoms with Crippen LogP contribution in [0.5, 0.6) is 0 Å². The summed E-state index contributed by atoms with van der Waals surface area (Å²) < 4.78 is 5.08. The summed E-state index contributed by atoms with van der Waals surface area (Å²) in [5, 5.41) is 11.6. The quantitative estimate of drug-likeness (QED) is 0.827. The van der Waals surface area contributed by atoms with E-state index >= 15 is 0 Å². The summed E-state index contributed by atoms with van der Waals surface area (Å²) in [5.74, 6) is 0.347. The summed E-state index contributed by atoms with van der Waals surface area (Å²) in [4.78, 5) is 22.1. The average molecular weight is 271 g/mol. The number of carboxylic acids is 1. The zero-order valence-electron chi connectivity index (χ0n) is 10.6. The molecular formula is C12H17NO4S. The molecule has 0 unspecified atom stereocenters. The Kier molecular flexibility index (Phi) is 5.27. The molecular weight excluding hydrogens is 254 g/mol. The lowest BCUT2D eigenvalue weighted by Gasteiger charge is -2.07. The number of carbonyl (C=O) groups is 2. The first-order chi connectivity index (χ1) is 8.40. The summed E-state index contributed by atoms with van der Waals surface area (Å²) in [6.45, 7) is 5.53. The van der Waals surface area contributed by atoms with Crippen LogP contribution in [0.3, 0.4) is 0 Å². The maximum Gasteiger partial charge on any atom is 0.371 e. The van der Waals surface area contributed by atoms with Gasteiger partial charge in [0.05, 0.1) is 5.75 Å². The van der Waals surface area contributed by atoms with Gasteiger partial charge in [-0.2, -0.15) is 0 Å². The molecule has 0 fully saturated rings. The molecule has 6 heteroatoms. The fourth-order valence-electron chi connectivity index (χ4n) is 1.39. The molecule has 5 nitrogen and oxygen atoms in total. The first-order valence-electron chi connectivity index (χ1n) is 5.60. The van der Waals surface area contributed by atoms with Crippen molar-refractivity contribution in [2.24, 2.45) is 0 Å². The molecule has 0 saturated heterocycles. The first-order valence-corrected chi connectivity index (χ1v) is 6.75. The molecule has 0 bridgehead atoms. The number of carboxylic acid groups (broad SMARTS) is 1. The standard InChI is InChI=1S/C12H17NO4S/c1-7(2)13-11(14)6-18-5-9-4-10(12(15)16)17-8(9)3/h4,7H,5-6H2,1-3H3,(H,13,14)(H,15,16). The van der Waals surface area contributed by atoms with Crippen LogP contribution in [-0.4, -0.2) is 28.8 Å². The van der Waals surface area contributed by atoms with E-state index in [2.05, 4.69) is 5.32 Å². The van der Waals surface area contributed by atoms with Gasteiger partial charge in [-0.15, -0.1) is 11.8 Å². The van der Waals surface area contributed by atoms with Gasteiger partial charge in [0.1, 0.15) is 5.76 Å². The van der Waals surface area contributed by atoms with E-state index in [9.17, 15) is 9.59 Å². The van der Waals surface area contributed by atoms with E-state index in [1.165, 1.54) is 17.8 Å². The number of furan rings is 1. The minimum atomic E-state index is -1.08. The molecule has 1 heterocycles. The molecule has 1 aromatic rings. The molecule has 18 heavy (non-hydrogen) atoms. The highest BCUT2D eigenvalue weighted by atomic mass is 32.2. The van der Waals surface area contributed by atoms with Gasteiger partial charge >= 0.3 is 5.97 Å². The zero-order valence-corrected chi connectivity index (χ0v) is 11.5. The van der Waals surface area contributed by atoms with Gasteiger partial charge in [0.25, 0.3) is 0 Å². The molecule has 0 atom stereocenters. The van der Waals surface area contributed by atoms with Crippen molar-refractivity contribution in [3.05, 3.63) is 23.2 Å². The van der Waals surface area contributed by atoms with Gasteiger partial charge in [0.15, 0.2) is 0 Å². The third kappa shape index (κ3) is 4.44. The van der Waals surface area contributed by atoms with Gasteiger partial charge in [0.2, 0.25) is 11.7 Å². The SMILES string of the molecule is Cc1oc(C(=O)O)cc1CSCC(=O)NC(C)C. The number of aromatic carboxylic acids is 1. The maximum atomic E-state index is 11.4. The predicted molar refractivity (Wildman–Crippen MR) is 69.8 cm³/mol. The highest BCUT2D eigenvalue weighted by Gasteiger charge is 2.13. The third-order valence-electron chi connectivity index (χ3n) is 2.17. The smallest absolute Gasteiger partial charge is 0.371 e. The van der Waals surface area contributed by atoms with Crippen LogP contribution in [0.15, 0.2) is 10.5 Å². The Balaban J connectivity index is 2.44. The van der Waals surface area contributed by atoms with Crippen LogP contribution in [0.4, 0.5) is 0 Å². The fraction of sp³-hybridized carbons (Fsp3) is 0.500. The maximum absolute atomic E-state index is 11.4. The minimum absolute atomic E-state index is 0.0189. The Hall–Kier alpha value is -1.43. The lowest BCUT2D eigenvalue weighted by Crippen LogP contribution is -2.31. The van der Waals surface area contributed by atoms with Crippen LogP contribution in [0.25, 0.3) is 0 Å². The van der Waals surface area contributed by atoms with Crippen LogP contribution < -0.4 is 5.32 Å². The van der Waals surface area contributed by atoms with Crippen molar-refractivity contribution in [3.63, 3.8) is 0 Å². The predicted octanol–water partition coefficient (Wildman–Crippen LogP) is 2.04. The van der Waals surface area contributed by atoms with Gasteiger partial charge in [-0.1, -0.05) is 0 Å². The second kappa shape index (κ2) is 6.49. The molecule has 1 amide bonds. The van der Waals surface area contributed by atoms with Crippen molar-refractivity contribution in [1.29, 1.82) is 0 Å². The Bertz CT molecular complexity index is 439. The summed E-state index contributed by atoms with van der Waals surface area (Å²) in [7, 11) is 0. The van der Waals surface area contributed by atoms with E-state index in [4.69, 9.17) is 9.52 Å². The van der Waals surface area contributed by atoms with E-state index in [0.29, 0.717) is 17.3 Å². The largest absolute Gasteiger partial charge is 0.475 e. The topological polar surface area (TPSA) is 79.5 Å². The molecule has 0 radical (unpaired) electrons. The normalized spacial score (nSPS) is 10.7. The van der Waals surface area contributed by atoms with Gasteiger partial charge < -0.3 is 14.8 Å². The van der Waals surface area contributed by atoms with Crippen molar-refractivity contribution in [3.8, 4) is 0 Å². The summed E-state index contributed by atoms with van der Waals surface area (Å²) in [5.41, 5.74) is 0.815. The van der Waals surface area contributed by atoms with Gasteiger partial charge in [-0.25, -0.2) is 4.79 Å². The summed E-state index contributed by atoms with van der Waals surface area (Å²) >= 11 is 1.43.